The van der Waals surface area contributed by atoms with Gasteiger partial charge >= 0.3 is 0 Å². The maximum Gasteiger partial charge on any atom is 0.224 e. The molecule has 0 saturated heterocycles. The summed E-state index contributed by atoms with van der Waals surface area (Å²) in [5.74, 6) is 1.31. The summed E-state index contributed by atoms with van der Waals surface area (Å²) in [5, 5.41) is 7.16. The van der Waals surface area contributed by atoms with Crippen LogP contribution in [0.2, 0.25) is 0 Å². The van der Waals surface area contributed by atoms with Crippen LogP contribution < -0.4 is 11.1 Å². The summed E-state index contributed by atoms with van der Waals surface area (Å²) in [5.41, 5.74) is 7.32. The van der Waals surface area contributed by atoms with Crippen molar-refractivity contribution in [2.75, 3.05) is 6.54 Å². The molecule has 2 saturated carbocycles. The van der Waals surface area contributed by atoms with E-state index >= 15 is 0 Å². The maximum atomic E-state index is 12.2. The number of nitrogens with one attached hydrogen (secondary N) is 1. The van der Waals surface area contributed by atoms with Gasteiger partial charge < -0.3 is 11.1 Å². The van der Waals surface area contributed by atoms with Gasteiger partial charge in [0.25, 0.3) is 0 Å². The topological polar surface area (TPSA) is 72.9 Å². The third-order valence-electron chi connectivity index (χ3n) is 4.89. The minimum atomic E-state index is 0.0466. The summed E-state index contributed by atoms with van der Waals surface area (Å²) in [6.45, 7) is 0.666. The van der Waals surface area contributed by atoms with Crippen molar-refractivity contribution in [3.05, 3.63) is 18.0 Å². The summed E-state index contributed by atoms with van der Waals surface area (Å²) in [7, 11) is 1.92. The van der Waals surface area contributed by atoms with Gasteiger partial charge in [-0.15, -0.1) is 0 Å². The van der Waals surface area contributed by atoms with Crippen molar-refractivity contribution in [3.63, 3.8) is 0 Å². The lowest BCUT2D eigenvalue weighted by atomic mass is 9.84. The molecule has 2 aliphatic rings. The first-order valence-corrected chi connectivity index (χ1v) is 7.17. The Hall–Kier alpha value is -1.36. The molecule has 0 aromatic carbocycles. The number of nitrogens with two attached hydrogens (primary N) is 1. The average Bonchev–Trinajstić information content (AvgIpc) is 3.06. The van der Waals surface area contributed by atoms with Crippen molar-refractivity contribution in [1.29, 1.82) is 0 Å². The van der Waals surface area contributed by atoms with Crippen LogP contribution >= 0.6 is 0 Å². The summed E-state index contributed by atoms with van der Waals surface area (Å²) in [4.78, 5) is 12.2. The lowest BCUT2D eigenvalue weighted by Gasteiger charge is -2.27. The molecule has 5 heteroatoms. The zero-order valence-electron chi connectivity index (χ0n) is 11.4. The number of hydrogen-bond acceptors (Lipinski definition) is 3. The SMILES string of the molecule is Cn1nccc1CCNC(=O)C1C2CCC(C2)C1N. The minimum Gasteiger partial charge on any atom is -0.355 e. The first kappa shape index (κ1) is 12.7. The van der Waals surface area contributed by atoms with Gasteiger partial charge in [0.1, 0.15) is 0 Å². The molecule has 1 heterocycles. The fourth-order valence-electron chi connectivity index (χ4n) is 3.80. The van der Waals surface area contributed by atoms with Crippen LogP contribution in [0.5, 0.6) is 0 Å². The zero-order chi connectivity index (χ0) is 13.4. The Morgan fingerprint density at radius 2 is 2.32 bits per heavy atom. The molecule has 1 amide bonds. The van der Waals surface area contributed by atoms with Gasteiger partial charge in [0.2, 0.25) is 5.91 Å². The molecule has 3 N–H and O–H groups in total. The first-order chi connectivity index (χ1) is 9.16. The van der Waals surface area contributed by atoms with Crippen molar-refractivity contribution in [1.82, 2.24) is 15.1 Å². The Balaban J connectivity index is 1.51. The molecule has 2 bridgehead atoms. The van der Waals surface area contributed by atoms with Crippen molar-refractivity contribution >= 4 is 5.91 Å². The average molecular weight is 262 g/mol. The summed E-state index contributed by atoms with van der Waals surface area (Å²) in [6.07, 6.45) is 6.14. The summed E-state index contributed by atoms with van der Waals surface area (Å²) in [6, 6.07) is 2.06. The fourth-order valence-corrected chi connectivity index (χ4v) is 3.80. The molecule has 1 aromatic rings. The number of aromatic nitrogens is 2. The highest BCUT2D eigenvalue weighted by Gasteiger charge is 2.48. The second-order valence-electron chi connectivity index (χ2n) is 5.92. The highest BCUT2D eigenvalue weighted by molar-refractivity contribution is 5.80. The van der Waals surface area contributed by atoms with Gasteiger partial charge in [-0.05, 0) is 37.2 Å². The molecule has 1 aromatic heterocycles. The van der Waals surface area contributed by atoms with Gasteiger partial charge in [-0.1, -0.05) is 0 Å². The Kier molecular flexibility index (Phi) is 3.31. The fraction of sp³-hybridized carbons (Fsp3) is 0.714. The molecule has 3 rings (SSSR count). The Morgan fingerprint density at radius 1 is 1.53 bits per heavy atom. The lowest BCUT2D eigenvalue weighted by molar-refractivity contribution is -0.127. The first-order valence-electron chi connectivity index (χ1n) is 7.17. The molecule has 4 atom stereocenters. The Bertz CT molecular complexity index is 468. The van der Waals surface area contributed by atoms with Gasteiger partial charge in [0, 0.05) is 37.9 Å². The summed E-state index contributed by atoms with van der Waals surface area (Å²) >= 11 is 0. The number of aryl methyl sites for hydroxylation is 1. The van der Waals surface area contributed by atoms with Crippen molar-refractivity contribution < 1.29 is 4.79 Å². The van der Waals surface area contributed by atoms with Gasteiger partial charge in [-0.3, -0.25) is 9.48 Å². The van der Waals surface area contributed by atoms with E-state index in [-0.39, 0.29) is 17.9 Å². The largest absolute Gasteiger partial charge is 0.355 e. The highest BCUT2D eigenvalue weighted by atomic mass is 16.1. The number of hydrogen-bond donors (Lipinski definition) is 2. The molecule has 104 valence electrons. The molecule has 0 aliphatic heterocycles. The molecule has 5 nitrogen and oxygen atoms in total. The van der Waals surface area contributed by atoms with Gasteiger partial charge in [0.05, 0.1) is 5.92 Å². The third-order valence-corrected chi connectivity index (χ3v) is 4.89. The highest BCUT2D eigenvalue weighted by Crippen LogP contribution is 2.47. The lowest BCUT2D eigenvalue weighted by Crippen LogP contribution is -2.45. The molecule has 19 heavy (non-hydrogen) atoms. The minimum absolute atomic E-state index is 0.0466. The number of rotatable bonds is 4. The number of fused-ring (bicyclic) bond motifs is 2. The molecule has 0 spiro atoms. The van der Waals surface area contributed by atoms with Crippen LogP contribution in [0.25, 0.3) is 0 Å². The van der Waals surface area contributed by atoms with E-state index in [2.05, 4.69) is 10.4 Å². The molecular formula is C14H22N4O. The number of amides is 1. The van der Waals surface area contributed by atoms with Crippen LogP contribution in [0.4, 0.5) is 0 Å². The Labute approximate surface area is 113 Å². The summed E-state index contributed by atoms with van der Waals surface area (Å²) < 4.78 is 1.84. The monoisotopic (exact) mass is 262 g/mol. The second kappa shape index (κ2) is 4.96. The zero-order valence-corrected chi connectivity index (χ0v) is 11.4. The van der Waals surface area contributed by atoms with E-state index < -0.39 is 0 Å². The van der Waals surface area contributed by atoms with Crippen molar-refractivity contribution in [2.24, 2.45) is 30.5 Å². The maximum absolute atomic E-state index is 12.2. The van der Waals surface area contributed by atoms with E-state index in [0.717, 1.165) is 18.5 Å². The molecule has 2 fully saturated rings. The third kappa shape index (κ3) is 2.27. The van der Waals surface area contributed by atoms with Crippen molar-refractivity contribution in [3.8, 4) is 0 Å². The van der Waals surface area contributed by atoms with Crippen LogP contribution in [0.1, 0.15) is 25.0 Å². The molecule has 2 aliphatic carbocycles. The van der Waals surface area contributed by atoms with E-state index in [0.29, 0.717) is 18.4 Å². The van der Waals surface area contributed by atoms with Gasteiger partial charge in [0.15, 0.2) is 0 Å². The van der Waals surface area contributed by atoms with E-state index in [1.54, 1.807) is 6.20 Å². The number of carbonyl (C=O) groups excluding carboxylic acids is 1. The molecule has 0 radical (unpaired) electrons. The predicted octanol–water partition coefficient (Wildman–Crippen LogP) is 0.452. The van der Waals surface area contributed by atoms with E-state index in [1.807, 2.05) is 17.8 Å². The van der Waals surface area contributed by atoms with Crippen LogP contribution in [0.3, 0.4) is 0 Å². The quantitative estimate of drug-likeness (QED) is 0.827. The molecular weight excluding hydrogens is 240 g/mol. The smallest absolute Gasteiger partial charge is 0.224 e. The van der Waals surface area contributed by atoms with E-state index in [1.165, 1.54) is 12.8 Å². The Morgan fingerprint density at radius 3 is 2.95 bits per heavy atom. The van der Waals surface area contributed by atoms with Gasteiger partial charge in [-0.25, -0.2) is 0 Å². The van der Waals surface area contributed by atoms with Crippen LogP contribution in [-0.4, -0.2) is 28.3 Å². The standard InChI is InChI=1S/C14H22N4O/c1-18-11(5-7-17-18)4-6-16-14(19)12-9-2-3-10(8-9)13(12)15/h5,7,9-10,12-13H,2-4,6,8,15H2,1H3,(H,16,19). The second-order valence-corrected chi connectivity index (χ2v) is 5.92. The van der Waals surface area contributed by atoms with Gasteiger partial charge in [-0.2, -0.15) is 5.10 Å². The van der Waals surface area contributed by atoms with E-state index in [4.69, 9.17) is 5.73 Å². The van der Waals surface area contributed by atoms with E-state index in [9.17, 15) is 4.79 Å². The number of carbonyl (C=O) groups is 1. The van der Waals surface area contributed by atoms with Crippen LogP contribution in [-0.2, 0) is 18.3 Å². The predicted molar refractivity (Wildman–Crippen MR) is 72.2 cm³/mol. The number of nitrogens with zero attached hydrogens (tertiary/aromatic N) is 2. The molecule has 4 unspecified atom stereocenters. The van der Waals surface area contributed by atoms with Crippen molar-refractivity contribution in [2.45, 2.75) is 31.7 Å². The normalized spacial score (nSPS) is 32.7. The van der Waals surface area contributed by atoms with Crippen LogP contribution in [0.15, 0.2) is 12.3 Å². The van der Waals surface area contributed by atoms with Crippen LogP contribution in [0, 0.1) is 17.8 Å².